The SMILES string of the molecule is Nc1c(Br)cc(Br)cc1CN([O-])C1CCC(O)CC1. The summed E-state index contributed by atoms with van der Waals surface area (Å²) in [7, 11) is 0. The number of nitrogens with two attached hydrogens (primary N) is 1. The van der Waals surface area contributed by atoms with Crippen LogP contribution in [0.3, 0.4) is 0 Å². The first-order valence-electron chi connectivity index (χ1n) is 6.32. The Labute approximate surface area is 129 Å². The molecule has 1 aromatic carbocycles. The molecule has 106 valence electrons. The predicted molar refractivity (Wildman–Crippen MR) is 83.4 cm³/mol. The third kappa shape index (κ3) is 3.92. The van der Waals surface area contributed by atoms with Crippen LogP contribution in [0.1, 0.15) is 31.2 Å². The normalized spacial score (nSPS) is 23.8. The van der Waals surface area contributed by atoms with E-state index in [2.05, 4.69) is 31.9 Å². The Morgan fingerprint density at radius 1 is 1.26 bits per heavy atom. The monoisotopic (exact) mass is 391 g/mol. The topological polar surface area (TPSA) is 72.5 Å². The Morgan fingerprint density at radius 3 is 2.53 bits per heavy atom. The van der Waals surface area contributed by atoms with E-state index in [9.17, 15) is 10.3 Å². The lowest BCUT2D eigenvalue weighted by Crippen LogP contribution is -2.35. The third-order valence-electron chi connectivity index (χ3n) is 3.58. The lowest BCUT2D eigenvalue weighted by atomic mass is 9.92. The highest BCUT2D eigenvalue weighted by molar-refractivity contribution is 9.11. The van der Waals surface area contributed by atoms with Gasteiger partial charge in [-0.25, -0.2) is 0 Å². The average Bonchev–Trinajstić information content (AvgIpc) is 2.36. The second kappa shape index (κ2) is 6.54. The summed E-state index contributed by atoms with van der Waals surface area (Å²) in [4.78, 5) is 0. The number of halogens is 2. The molecule has 0 amide bonds. The molecule has 0 spiro atoms. The molecule has 0 atom stereocenters. The zero-order valence-corrected chi connectivity index (χ0v) is 13.7. The van der Waals surface area contributed by atoms with E-state index in [0.29, 0.717) is 18.5 Å². The maximum absolute atomic E-state index is 12.2. The molecule has 0 heterocycles. The van der Waals surface area contributed by atoms with Crippen LogP contribution < -0.4 is 5.73 Å². The van der Waals surface area contributed by atoms with E-state index in [1.165, 1.54) is 0 Å². The minimum atomic E-state index is -0.241. The quantitative estimate of drug-likeness (QED) is 0.610. The highest BCUT2D eigenvalue weighted by atomic mass is 79.9. The van der Waals surface area contributed by atoms with Crippen LogP contribution in [-0.4, -0.2) is 22.3 Å². The van der Waals surface area contributed by atoms with Gasteiger partial charge in [0.1, 0.15) is 0 Å². The first-order valence-corrected chi connectivity index (χ1v) is 7.91. The van der Waals surface area contributed by atoms with E-state index in [1.54, 1.807) is 0 Å². The number of hydrogen-bond acceptors (Lipinski definition) is 4. The largest absolute Gasteiger partial charge is 0.785 e. The van der Waals surface area contributed by atoms with Crippen LogP contribution in [0.25, 0.3) is 0 Å². The molecule has 0 aromatic heterocycles. The summed E-state index contributed by atoms with van der Waals surface area (Å²) in [6.07, 6.45) is 2.68. The molecule has 1 aromatic rings. The average molecular weight is 393 g/mol. The van der Waals surface area contributed by atoms with Crippen LogP contribution in [-0.2, 0) is 6.54 Å². The molecule has 4 nitrogen and oxygen atoms in total. The molecule has 1 aliphatic rings. The summed E-state index contributed by atoms with van der Waals surface area (Å²) in [5.74, 6) is 0. The maximum atomic E-state index is 12.2. The number of anilines is 1. The smallest absolute Gasteiger partial charge is 0.0541 e. The van der Waals surface area contributed by atoms with Crippen LogP contribution in [0.4, 0.5) is 5.69 Å². The summed E-state index contributed by atoms with van der Waals surface area (Å²) in [5, 5.41) is 22.8. The Kier molecular flexibility index (Phi) is 5.25. The second-order valence-corrected chi connectivity index (χ2v) is 6.77. The molecule has 0 radical (unpaired) electrons. The van der Waals surface area contributed by atoms with E-state index < -0.39 is 0 Å². The zero-order chi connectivity index (χ0) is 14.0. The van der Waals surface area contributed by atoms with Crippen LogP contribution >= 0.6 is 31.9 Å². The summed E-state index contributed by atoms with van der Waals surface area (Å²) >= 11 is 6.78. The Morgan fingerprint density at radius 2 is 1.89 bits per heavy atom. The summed E-state index contributed by atoms with van der Waals surface area (Å²) in [6.45, 7) is 0.282. The molecule has 1 fully saturated rings. The highest BCUT2D eigenvalue weighted by Crippen LogP contribution is 2.30. The number of aliphatic hydroxyl groups excluding tert-OH is 1. The van der Waals surface area contributed by atoms with Crippen LogP contribution in [0.2, 0.25) is 0 Å². The van der Waals surface area contributed by atoms with Crippen molar-refractivity contribution in [1.29, 1.82) is 0 Å². The van der Waals surface area contributed by atoms with Gasteiger partial charge in [0.25, 0.3) is 0 Å². The van der Waals surface area contributed by atoms with Crippen molar-refractivity contribution in [2.24, 2.45) is 0 Å². The van der Waals surface area contributed by atoms with Gasteiger partial charge in [0.15, 0.2) is 0 Å². The van der Waals surface area contributed by atoms with Gasteiger partial charge in [0.05, 0.1) is 11.8 Å². The molecule has 0 unspecified atom stereocenters. The van der Waals surface area contributed by atoms with Crippen molar-refractivity contribution < 1.29 is 5.11 Å². The molecule has 1 saturated carbocycles. The molecule has 3 N–H and O–H groups in total. The van der Waals surface area contributed by atoms with Crippen molar-refractivity contribution in [3.8, 4) is 0 Å². The highest BCUT2D eigenvalue weighted by Gasteiger charge is 2.20. The zero-order valence-electron chi connectivity index (χ0n) is 10.5. The number of hydrogen-bond donors (Lipinski definition) is 2. The molecule has 2 rings (SSSR count). The van der Waals surface area contributed by atoms with Crippen molar-refractivity contribution >= 4 is 37.5 Å². The fraction of sp³-hybridized carbons (Fsp3) is 0.538. The minimum absolute atomic E-state index is 0.0134. The second-order valence-electron chi connectivity index (χ2n) is 5.00. The van der Waals surface area contributed by atoms with Gasteiger partial charge in [-0.05, 0) is 65.4 Å². The van der Waals surface area contributed by atoms with Crippen molar-refractivity contribution in [3.63, 3.8) is 0 Å². The Hall–Kier alpha value is -0.140. The van der Waals surface area contributed by atoms with E-state index in [4.69, 9.17) is 5.73 Å². The summed E-state index contributed by atoms with van der Waals surface area (Å²) in [5.41, 5.74) is 7.41. The molecular weight excluding hydrogens is 376 g/mol. The minimum Gasteiger partial charge on any atom is -0.785 e. The predicted octanol–water partition coefficient (Wildman–Crippen LogP) is 3.40. The van der Waals surface area contributed by atoms with Gasteiger partial charge in [-0.15, -0.1) is 0 Å². The van der Waals surface area contributed by atoms with Crippen LogP contribution in [0.5, 0.6) is 0 Å². The van der Waals surface area contributed by atoms with Gasteiger partial charge in [0, 0.05) is 15.5 Å². The molecule has 0 saturated heterocycles. The fourth-order valence-electron chi connectivity index (χ4n) is 2.41. The summed E-state index contributed by atoms with van der Waals surface area (Å²) < 4.78 is 1.69. The molecule has 0 bridgehead atoms. The van der Waals surface area contributed by atoms with E-state index in [-0.39, 0.29) is 18.7 Å². The van der Waals surface area contributed by atoms with Gasteiger partial charge in [0.2, 0.25) is 0 Å². The number of rotatable bonds is 3. The van der Waals surface area contributed by atoms with E-state index in [0.717, 1.165) is 32.4 Å². The first-order chi connectivity index (χ1) is 8.97. The molecule has 0 aliphatic heterocycles. The number of nitrogen functional groups attached to an aromatic ring is 1. The van der Waals surface area contributed by atoms with Gasteiger partial charge in [-0.3, -0.25) is 0 Å². The summed E-state index contributed by atoms with van der Waals surface area (Å²) in [6, 6.07) is 3.73. The number of hydroxylamine groups is 2. The molecule has 1 aliphatic carbocycles. The number of nitrogens with zero attached hydrogens (tertiary/aromatic N) is 1. The number of benzene rings is 1. The fourth-order valence-corrected chi connectivity index (χ4v) is 3.73. The van der Waals surface area contributed by atoms with Crippen molar-refractivity contribution in [2.75, 3.05) is 5.73 Å². The standard InChI is InChI=1S/C13H17Br2N2O2/c14-9-5-8(13(16)12(15)6-9)7-17(19)10-1-3-11(18)4-2-10/h5-6,10-11,18H,1-4,7,16H2/q-1. The Bertz CT molecular complexity index is 449. The van der Waals surface area contributed by atoms with Crippen molar-refractivity contribution in [3.05, 3.63) is 31.8 Å². The lowest BCUT2D eigenvalue weighted by Gasteiger charge is -2.40. The molecule has 19 heavy (non-hydrogen) atoms. The van der Waals surface area contributed by atoms with Crippen molar-refractivity contribution in [1.82, 2.24) is 5.06 Å². The third-order valence-corrected chi connectivity index (χ3v) is 4.69. The van der Waals surface area contributed by atoms with Crippen LogP contribution in [0, 0.1) is 5.21 Å². The van der Waals surface area contributed by atoms with E-state index in [1.807, 2.05) is 12.1 Å². The van der Waals surface area contributed by atoms with Gasteiger partial charge < -0.3 is 21.1 Å². The van der Waals surface area contributed by atoms with Crippen molar-refractivity contribution in [2.45, 2.75) is 44.4 Å². The Balaban J connectivity index is 2.04. The number of aliphatic hydroxyl groups is 1. The lowest BCUT2D eigenvalue weighted by molar-refractivity contribution is 0.0892. The maximum Gasteiger partial charge on any atom is 0.0541 e. The van der Waals surface area contributed by atoms with Gasteiger partial charge >= 0.3 is 0 Å². The molecular formula is C13H17Br2N2O2-. The van der Waals surface area contributed by atoms with E-state index >= 15 is 0 Å². The molecule has 6 heteroatoms. The van der Waals surface area contributed by atoms with Gasteiger partial charge in [-0.1, -0.05) is 15.9 Å². The van der Waals surface area contributed by atoms with Crippen LogP contribution in [0.15, 0.2) is 21.1 Å². The first kappa shape index (κ1) is 15.3. The van der Waals surface area contributed by atoms with Gasteiger partial charge in [-0.2, -0.15) is 0 Å².